The summed E-state index contributed by atoms with van der Waals surface area (Å²) in [5.74, 6) is 0.305. The van der Waals surface area contributed by atoms with E-state index in [0.717, 1.165) is 18.4 Å². The van der Waals surface area contributed by atoms with E-state index >= 15 is 0 Å². The Morgan fingerprint density at radius 3 is 2.79 bits per heavy atom. The number of nitrogen functional groups attached to an aromatic ring is 1. The third-order valence-corrected chi connectivity index (χ3v) is 3.03. The second-order valence-electron chi connectivity index (χ2n) is 3.69. The lowest BCUT2D eigenvalue weighted by atomic mass is 9.96. The van der Waals surface area contributed by atoms with Gasteiger partial charge in [-0.3, -0.25) is 4.79 Å². The number of nitrogens with two attached hydrogens (primary N) is 1. The number of rotatable bonds is 1. The molecule has 2 N–H and O–H groups in total. The topological polar surface area (TPSA) is 43.1 Å². The van der Waals surface area contributed by atoms with E-state index in [1.165, 1.54) is 0 Å². The zero-order chi connectivity index (χ0) is 10.1. The van der Waals surface area contributed by atoms with Crippen LogP contribution in [0.25, 0.3) is 0 Å². The second-order valence-corrected chi connectivity index (χ2v) is 4.10. The van der Waals surface area contributed by atoms with Crippen molar-refractivity contribution in [1.82, 2.24) is 0 Å². The van der Waals surface area contributed by atoms with Crippen molar-refractivity contribution in [2.75, 3.05) is 5.73 Å². The number of hydrogen-bond acceptors (Lipinski definition) is 2. The molecule has 0 amide bonds. The molecule has 1 atom stereocenters. The Morgan fingerprint density at radius 1 is 1.43 bits per heavy atom. The van der Waals surface area contributed by atoms with Crippen molar-refractivity contribution < 1.29 is 4.79 Å². The monoisotopic (exact) mass is 209 g/mol. The Labute approximate surface area is 88.1 Å². The fourth-order valence-corrected chi connectivity index (χ4v) is 2.29. The van der Waals surface area contributed by atoms with Gasteiger partial charge < -0.3 is 5.73 Å². The first kappa shape index (κ1) is 9.53. The van der Waals surface area contributed by atoms with Crippen molar-refractivity contribution in [3.63, 3.8) is 0 Å². The van der Waals surface area contributed by atoms with Gasteiger partial charge >= 0.3 is 0 Å². The van der Waals surface area contributed by atoms with E-state index in [4.69, 9.17) is 17.3 Å². The summed E-state index contributed by atoms with van der Waals surface area (Å²) in [6.07, 6.45) is 2.58. The summed E-state index contributed by atoms with van der Waals surface area (Å²) in [5.41, 5.74) is 7.17. The summed E-state index contributed by atoms with van der Waals surface area (Å²) in [4.78, 5) is 11.5. The molecule has 1 saturated carbocycles. The summed E-state index contributed by atoms with van der Waals surface area (Å²) in [7, 11) is 0. The maximum absolute atomic E-state index is 11.5. The number of carbonyl (C=O) groups excluding carboxylic acids is 1. The number of anilines is 1. The minimum absolute atomic E-state index is 0.00287. The van der Waals surface area contributed by atoms with Crippen molar-refractivity contribution in [3.8, 4) is 0 Å². The van der Waals surface area contributed by atoms with E-state index in [1.807, 2.05) is 6.07 Å². The van der Waals surface area contributed by atoms with E-state index < -0.39 is 0 Å². The summed E-state index contributed by atoms with van der Waals surface area (Å²) in [6.45, 7) is 0. The average molecular weight is 210 g/mol. The van der Waals surface area contributed by atoms with E-state index in [9.17, 15) is 4.79 Å². The van der Waals surface area contributed by atoms with Crippen LogP contribution in [-0.2, 0) is 4.79 Å². The van der Waals surface area contributed by atoms with Gasteiger partial charge in [-0.05, 0) is 30.5 Å². The van der Waals surface area contributed by atoms with Crippen LogP contribution in [0.5, 0.6) is 0 Å². The molecule has 2 rings (SSSR count). The van der Waals surface area contributed by atoms with Crippen molar-refractivity contribution >= 4 is 23.1 Å². The van der Waals surface area contributed by atoms with Crippen LogP contribution in [0.3, 0.4) is 0 Å². The van der Waals surface area contributed by atoms with Crippen LogP contribution in [0.15, 0.2) is 18.2 Å². The molecule has 0 aliphatic heterocycles. The lowest BCUT2D eigenvalue weighted by Gasteiger charge is -2.10. The molecule has 3 heteroatoms. The Hall–Kier alpha value is -1.02. The predicted molar refractivity (Wildman–Crippen MR) is 57.5 cm³/mol. The molecule has 1 aromatic rings. The van der Waals surface area contributed by atoms with Gasteiger partial charge in [0.05, 0.1) is 0 Å². The van der Waals surface area contributed by atoms with Gasteiger partial charge in [0, 0.05) is 23.0 Å². The van der Waals surface area contributed by atoms with Crippen LogP contribution in [0.2, 0.25) is 5.02 Å². The molecule has 2 nitrogen and oxygen atoms in total. The number of carbonyl (C=O) groups is 1. The maximum Gasteiger partial charge on any atom is 0.140 e. The highest BCUT2D eigenvalue weighted by molar-refractivity contribution is 6.32. The Bertz CT molecular complexity index is 376. The SMILES string of the molecule is Nc1ccc(C2CCCC2=O)c(Cl)c1. The summed E-state index contributed by atoms with van der Waals surface area (Å²) >= 11 is 6.04. The van der Waals surface area contributed by atoms with Gasteiger partial charge in [-0.2, -0.15) is 0 Å². The number of ketones is 1. The molecule has 0 aromatic heterocycles. The van der Waals surface area contributed by atoms with Crippen LogP contribution in [0, 0.1) is 0 Å². The van der Waals surface area contributed by atoms with E-state index in [-0.39, 0.29) is 5.92 Å². The average Bonchev–Trinajstić information content (AvgIpc) is 2.52. The van der Waals surface area contributed by atoms with Crippen LogP contribution >= 0.6 is 11.6 Å². The van der Waals surface area contributed by atoms with Gasteiger partial charge in [-0.15, -0.1) is 0 Å². The molecule has 0 spiro atoms. The highest BCUT2D eigenvalue weighted by atomic mass is 35.5. The van der Waals surface area contributed by atoms with Gasteiger partial charge in [-0.25, -0.2) is 0 Å². The zero-order valence-electron chi connectivity index (χ0n) is 7.79. The number of hydrogen-bond donors (Lipinski definition) is 1. The van der Waals surface area contributed by atoms with Gasteiger partial charge in [0.2, 0.25) is 0 Å². The van der Waals surface area contributed by atoms with Crippen molar-refractivity contribution in [3.05, 3.63) is 28.8 Å². The molecule has 0 heterocycles. The third kappa shape index (κ3) is 1.62. The van der Waals surface area contributed by atoms with Crippen molar-refractivity contribution in [2.45, 2.75) is 25.2 Å². The number of halogens is 1. The van der Waals surface area contributed by atoms with Crippen LogP contribution in [0.4, 0.5) is 5.69 Å². The van der Waals surface area contributed by atoms with Crippen molar-refractivity contribution in [1.29, 1.82) is 0 Å². The van der Waals surface area contributed by atoms with Gasteiger partial charge in [0.15, 0.2) is 0 Å². The Kier molecular flexibility index (Phi) is 2.46. The molecule has 14 heavy (non-hydrogen) atoms. The lowest BCUT2D eigenvalue weighted by molar-refractivity contribution is -0.118. The molecule has 1 fully saturated rings. The first-order chi connectivity index (χ1) is 6.68. The molecule has 1 aromatic carbocycles. The zero-order valence-corrected chi connectivity index (χ0v) is 8.55. The second kappa shape index (κ2) is 3.62. The molecule has 0 saturated heterocycles. The van der Waals surface area contributed by atoms with Gasteiger partial charge in [-0.1, -0.05) is 17.7 Å². The predicted octanol–water partition coefficient (Wildman–Crippen LogP) is 2.76. The molecule has 1 aliphatic rings. The smallest absolute Gasteiger partial charge is 0.140 e. The molecular weight excluding hydrogens is 198 g/mol. The standard InChI is InChI=1S/C11H12ClNO/c12-10-6-7(13)4-5-8(10)9-2-1-3-11(9)14/h4-6,9H,1-3,13H2. The fourth-order valence-electron chi connectivity index (χ4n) is 1.97. The first-order valence-electron chi connectivity index (χ1n) is 4.76. The van der Waals surface area contributed by atoms with E-state index in [2.05, 4.69) is 0 Å². The quantitative estimate of drug-likeness (QED) is 0.723. The molecule has 0 bridgehead atoms. The minimum atomic E-state index is 0.00287. The molecule has 1 aliphatic carbocycles. The van der Waals surface area contributed by atoms with E-state index in [0.29, 0.717) is 22.9 Å². The highest BCUT2D eigenvalue weighted by Crippen LogP contribution is 2.35. The Morgan fingerprint density at radius 2 is 2.21 bits per heavy atom. The largest absolute Gasteiger partial charge is 0.399 e. The summed E-state index contributed by atoms with van der Waals surface area (Å²) in [6, 6.07) is 5.38. The first-order valence-corrected chi connectivity index (χ1v) is 5.14. The number of benzene rings is 1. The summed E-state index contributed by atoms with van der Waals surface area (Å²) in [5, 5.41) is 0.616. The van der Waals surface area contributed by atoms with Gasteiger partial charge in [0.1, 0.15) is 5.78 Å². The highest BCUT2D eigenvalue weighted by Gasteiger charge is 2.27. The van der Waals surface area contributed by atoms with Gasteiger partial charge in [0.25, 0.3) is 0 Å². The molecular formula is C11H12ClNO. The third-order valence-electron chi connectivity index (χ3n) is 2.70. The van der Waals surface area contributed by atoms with Crippen LogP contribution in [-0.4, -0.2) is 5.78 Å². The maximum atomic E-state index is 11.5. The van der Waals surface area contributed by atoms with E-state index in [1.54, 1.807) is 12.1 Å². The van der Waals surface area contributed by atoms with Crippen molar-refractivity contribution in [2.24, 2.45) is 0 Å². The lowest BCUT2D eigenvalue weighted by Crippen LogP contribution is -2.05. The normalized spacial score (nSPS) is 21.5. The fraction of sp³-hybridized carbons (Fsp3) is 0.364. The Balaban J connectivity index is 2.36. The molecule has 0 radical (unpaired) electrons. The molecule has 1 unspecified atom stereocenters. The number of Topliss-reactive ketones (excluding diaryl/α,β-unsaturated/α-hetero) is 1. The molecule has 74 valence electrons. The van der Waals surface area contributed by atoms with Crippen LogP contribution in [0.1, 0.15) is 30.7 Å². The summed E-state index contributed by atoms with van der Waals surface area (Å²) < 4.78 is 0. The van der Waals surface area contributed by atoms with Crippen LogP contribution < -0.4 is 5.73 Å². The minimum Gasteiger partial charge on any atom is -0.399 e.